The van der Waals surface area contributed by atoms with Crippen LogP contribution in [0, 0.1) is 5.82 Å². The number of anilines is 1. The first kappa shape index (κ1) is 21.2. The molecule has 0 fully saturated rings. The molecule has 1 rings (SSSR count). The van der Waals surface area contributed by atoms with Gasteiger partial charge in [0.25, 0.3) is 5.91 Å². The number of carbonyl (C=O) groups is 3. The predicted molar refractivity (Wildman–Crippen MR) is 79.6 cm³/mol. The molecule has 0 atom stereocenters. The van der Waals surface area contributed by atoms with Crippen molar-refractivity contribution >= 4 is 39.1 Å². The molecule has 1 aromatic carbocycles. The number of alkyl halides is 3. The quantitative estimate of drug-likeness (QED) is 0.421. The first-order valence-electron chi connectivity index (χ1n) is 6.46. The smallest absolute Gasteiger partial charge is 0.419 e. The minimum Gasteiger partial charge on any atom is -0.476 e. The maximum absolute atomic E-state index is 13.1. The van der Waals surface area contributed by atoms with Crippen LogP contribution in [0.1, 0.15) is 12.5 Å². The highest BCUT2D eigenvalue weighted by Crippen LogP contribution is 2.33. The monoisotopic (exact) mass is 398 g/mol. The van der Waals surface area contributed by atoms with E-state index in [2.05, 4.69) is 4.99 Å². The molecule has 2 N–H and O–H groups in total. The largest absolute Gasteiger partial charge is 0.476 e. The van der Waals surface area contributed by atoms with E-state index in [0.29, 0.717) is 12.1 Å². The number of Topliss-reactive ketones (excluding diaryl/α,β-unsaturated/α-hetero) is 1. The highest BCUT2D eigenvalue weighted by molar-refractivity contribution is 7.93. The number of aliphatic imine (C=N–C) groups is 1. The summed E-state index contributed by atoms with van der Waals surface area (Å²) in [6.45, 7) is 0.782. The Hall–Kier alpha value is -2.83. The Balaban J connectivity index is 3.04. The number of hydrogen-bond donors (Lipinski definition) is 2. The summed E-state index contributed by atoms with van der Waals surface area (Å²) in [5, 5.41) is 8.65. The minimum absolute atomic E-state index is 0.179. The average Bonchev–Trinajstić information content (AvgIpc) is 2.44. The zero-order valence-corrected chi connectivity index (χ0v) is 13.6. The van der Waals surface area contributed by atoms with Crippen molar-refractivity contribution in [2.24, 2.45) is 4.99 Å². The van der Waals surface area contributed by atoms with Gasteiger partial charge in [-0.25, -0.2) is 22.6 Å². The van der Waals surface area contributed by atoms with E-state index < -0.39 is 62.4 Å². The first-order valence-corrected chi connectivity index (χ1v) is 8.11. The van der Waals surface area contributed by atoms with Crippen molar-refractivity contribution in [1.82, 2.24) is 0 Å². The number of carboxylic acid groups (broad SMARTS) is 1. The second-order valence-electron chi connectivity index (χ2n) is 4.77. The molecule has 0 spiro atoms. The maximum Gasteiger partial charge on any atom is 0.419 e. The van der Waals surface area contributed by atoms with Crippen molar-refractivity contribution in [3.05, 3.63) is 29.6 Å². The lowest BCUT2D eigenvalue weighted by Gasteiger charge is -2.11. The Morgan fingerprint density at radius 1 is 1.23 bits per heavy atom. The van der Waals surface area contributed by atoms with Crippen LogP contribution in [0.2, 0.25) is 0 Å². The summed E-state index contributed by atoms with van der Waals surface area (Å²) in [7, 11) is -4.61. The number of benzene rings is 1. The van der Waals surface area contributed by atoms with Crippen LogP contribution in [0.15, 0.2) is 23.2 Å². The first-order chi connectivity index (χ1) is 11.7. The normalized spacial score (nSPS) is 12.6. The molecule has 0 aromatic heterocycles. The molecule has 1 aromatic rings. The number of aliphatic carboxylic acids is 1. The van der Waals surface area contributed by atoms with Gasteiger partial charge in [-0.1, -0.05) is 0 Å². The molecule has 0 radical (unpaired) electrons. The van der Waals surface area contributed by atoms with Crippen LogP contribution in [0.25, 0.3) is 0 Å². The molecule has 0 saturated heterocycles. The van der Waals surface area contributed by atoms with Crippen molar-refractivity contribution in [3.8, 4) is 0 Å². The van der Waals surface area contributed by atoms with Gasteiger partial charge in [0.15, 0.2) is 17.2 Å². The molecular formula is C13H10F4N2O6S. The third-order valence-electron chi connectivity index (χ3n) is 2.63. The molecular weight excluding hydrogens is 388 g/mol. The van der Waals surface area contributed by atoms with Gasteiger partial charge in [-0.3, -0.25) is 14.3 Å². The third kappa shape index (κ3) is 5.91. The van der Waals surface area contributed by atoms with Crippen LogP contribution in [0.4, 0.5) is 23.2 Å². The Bertz CT molecular complexity index is 876. The number of nitrogens with zero attached hydrogens (tertiary/aromatic N) is 1. The Labute approximate surface area is 143 Å². The fourth-order valence-corrected chi connectivity index (χ4v) is 2.57. The number of sulfonamides is 1. The summed E-state index contributed by atoms with van der Waals surface area (Å²) >= 11 is 0. The van der Waals surface area contributed by atoms with Gasteiger partial charge in [0.05, 0.1) is 5.56 Å². The topological polar surface area (TPSA) is 130 Å². The molecule has 0 unspecified atom stereocenters. The van der Waals surface area contributed by atoms with Crippen molar-refractivity contribution in [2.45, 2.75) is 13.1 Å². The number of ketones is 1. The second-order valence-corrected chi connectivity index (χ2v) is 6.49. The molecule has 8 nitrogen and oxygen atoms in total. The summed E-state index contributed by atoms with van der Waals surface area (Å²) in [6.07, 6.45) is -5.08. The molecule has 142 valence electrons. The van der Waals surface area contributed by atoms with Crippen molar-refractivity contribution < 1.29 is 45.5 Å². The van der Waals surface area contributed by atoms with E-state index in [-0.39, 0.29) is 6.07 Å². The van der Waals surface area contributed by atoms with E-state index in [0.717, 1.165) is 6.92 Å². The molecule has 0 aliphatic rings. The highest BCUT2D eigenvalue weighted by Gasteiger charge is 2.34. The summed E-state index contributed by atoms with van der Waals surface area (Å²) in [5.74, 6) is -7.58. The molecule has 0 saturated carbocycles. The maximum atomic E-state index is 13.1. The number of nitrogens with one attached hydrogen (secondary N) is 1. The van der Waals surface area contributed by atoms with Gasteiger partial charge in [0.1, 0.15) is 5.82 Å². The molecule has 1 amide bonds. The SMILES string of the molecule is CC(=O)C(=NC(=O)CS(=O)(=O)Nc1ccc(F)c(C(F)(F)F)c1)C(=O)O. The predicted octanol–water partition coefficient (Wildman–Crippen LogP) is 1.23. The van der Waals surface area contributed by atoms with Gasteiger partial charge in [-0.15, -0.1) is 0 Å². The lowest BCUT2D eigenvalue weighted by atomic mass is 10.2. The zero-order chi connectivity index (χ0) is 20.3. The van der Waals surface area contributed by atoms with E-state index in [1.165, 1.54) is 0 Å². The van der Waals surface area contributed by atoms with Gasteiger partial charge < -0.3 is 5.11 Å². The van der Waals surface area contributed by atoms with Crippen molar-refractivity contribution in [2.75, 3.05) is 10.5 Å². The summed E-state index contributed by atoms with van der Waals surface area (Å²) in [6, 6.07) is 1.24. The second kappa shape index (κ2) is 7.59. The zero-order valence-electron chi connectivity index (χ0n) is 12.8. The third-order valence-corrected chi connectivity index (χ3v) is 3.80. The molecule has 26 heavy (non-hydrogen) atoms. The number of hydrogen-bond acceptors (Lipinski definition) is 5. The summed E-state index contributed by atoms with van der Waals surface area (Å²) in [5.41, 5.74) is -3.61. The van der Waals surface area contributed by atoms with Crippen LogP contribution in [0.5, 0.6) is 0 Å². The highest BCUT2D eigenvalue weighted by atomic mass is 32.2. The van der Waals surface area contributed by atoms with Gasteiger partial charge >= 0.3 is 12.1 Å². The fraction of sp³-hybridized carbons (Fsp3) is 0.231. The Morgan fingerprint density at radius 2 is 1.81 bits per heavy atom. The summed E-state index contributed by atoms with van der Waals surface area (Å²) < 4.78 is 76.1. The lowest BCUT2D eigenvalue weighted by molar-refractivity contribution is -0.140. The summed E-state index contributed by atoms with van der Waals surface area (Å²) in [4.78, 5) is 36.0. The van der Waals surface area contributed by atoms with Gasteiger partial charge in [-0.05, 0) is 18.2 Å². The number of halogens is 4. The Morgan fingerprint density at radius 3 is 2.27 bits per heavy atom. The van der Waals surface area contributed by atoms with E-state index in [9.17, 15) is 40.4 Å². The van der Waals surface area contributed by atoms with E-state index in [4.69, 9.17) is 5.11 Å². The Kier molecular flexibility index (Phi) is 6.20. The van der Waals surface area contributed by atoms with Gasteiger partial charge in [0.2, 0.25) is 10.0 Å². The fourth-order valence-electron chi connectivity index (χ4n) is 1.62. The number of amides is 1. The van der Waals surface area contributed by atoms with Crippen molar-refractivity contribution in [1.29, 1.82) is 0 Å². The standard InChI is InChI=1S/C13H10F4N2O6S/c1-6(20)11(12(22)23)18-10(21)5-26(24,25)19-7-2-3-9(14)8(4-7)13(15,16)17/h2-4,19H,5H2,1H3,(H,22,23). The molecule has 0 aliphatic heterocycles. The van der Waals surface area contributed by atoms with Crippen LogP contribution < -0.4 is 4.72 Å². The molecule has 0 bridgehead atoms. The van der Waals surface area contributed by atoms with Crippen molar-refractivity contribution in [3.63, 3.8) is 0 Å². The average molecular weight is 398 g/mol. The molecule has 0 aliphatic carbocycles. The van der Waals surface area contributed by atoms with Crippen LogP contribution in [-0.2, 0) is 30.6 Å². The van der Waals surface area contributed by atoms with Crippen LogP contribution in [0.3, 0.4) is 0 Å². The van der Waals surface area contributed by atoms with Gasteiger partial charge in [-0.2, -0.15) is 13.2 Å². The van der Waals surface area contributed by atoms with Crippen LogP contribution >= 0.6 is 0 Å². The lowest BCUT2D eigenvalue weighted by Crippen LogP contribution is -2.27. The van der Waals surface area contributed by atoms with E-state index >= 15 is 0 Å². The van der Waals surface area contributed by atoms with Gasteiger partial charge in [0, 0.05) is 12.6 Å². The van der Waals surface area contributed by atoms with Crippen LogP contribution in [-0.4, -0.2) is 42.6 Å². The van der Waals surface area contributed by atoms with E-state index in [1.807, 2.05) is 0 Å². The minimum atomic E-state index is -5.08. The number of carbonyl (C=O) groups excluding carboxylic acids is 2. The van der Waals surface area contributed by atoms with E-state index in [1.54, 1.807) is 4.72 Å². The number of carboxylic acids is 1. The molecule has 13 heteroatoms. The number of rotatable bonds is 6. The molecule has 0 heterocycles.